The van der Waals surface area contributed by atoms with Gasteiger partial charge in [0.15, 0.2) is 0 Å². The standard InChI is InChI=1S/C15H15N3O2/c1-12-8-13(4-2-7-19)10-14(9-12)17-15(20)11-18-6-3-5-16-18/h3,5-6,8-10,19H,7,11H2,1H3,(H,17,20). The number of rotatable bonds is 3. The molecule has 0 fully saturated rings. The summed E-state index contributed by atoms with van der Waals surface area (Å²) in [6.07, 6.45) is 3.36. The van der Waals surface area contributed by atoms with Crippen LogP contribution in [0.5, 0.6) is 0 Å². The fourth-order valence-electron chi connectivity index (χ4n) is 1.81. The zero-order chi connectivity index (χ0) is 14.4. The van der Waals surface area contributed by atoms with E-state index in [0.29, 0.717) is 5.69 Å². The molecule has 0 aliphatic rings. The van der Waals surface area contributed by atoms with E-state index in [2.05, 4.69) is 22.3 Å². The van der Waals surface area contributed by atoms with Crippen molar-refractivity contribution in [3.63, 3.8) is 0 Å². The predicted molar refractivity (Wildman–Crippen MR) is 76.0 cm³/mol. The third kappa shape index (κ3) is 3.97. The second kappa shape index (κ2) is 6.55. The number of carbonyl (C=O) groups excluding carboxylic acids is 1. The molecule has 2 aromatic rings. The van der Waals surface area contributed by atoms with E-state index in [4.69, 9.17) is 5.11 Å². The van der Waals surface area contributed by atoms with Crippen LogP contribution in [0, 0.1) is 18.8 Å². The quantitative estimate of drug-likeness (QED) is 0.822. The highest BCUT2D eigenvalue weighted by atomic mass is 16.2. The van der Waals surface area contributed by atoms with Crippen molar-refractivity contribution in [2.24, 2.45) is 0 Å². The molecule has 20 heavy (non-hydrogen) atoms. The molecule has 0 aliphatic heterocycles. The maximum Gasteiger partial charge on any atom is 0.246 e. The number of nitrogens with zero attached hydrogens (tertiary/aromatic N) is 2. The molecule has 1 heterocycles. The van der Waals surface area contributed by atoms with Gasteiger partial charge in [-0.25, -0.2) is 0 Å². The highest BCUT2D eigenvalue weighted by Gasteiger charge is 2.04. The first kappa shape index (κ1) is 13.8. The molecule has 0 aliphatic carbocycles. The monoisotopic (exact) mass is 269 g/mol. The summed E-state index contributed by atoms with van der Waals surface area (Å²) >= 11 is 0. The summed E-state index contributed by atoms with van der Waals surface area (Å²) in [5.41, 5.74) is 2.43. The van der Waals surface area contributed by atoms with Crippen molar-refractivity contribution in [2.45, 2.75) is 13.5 Å². The lowest BCUT2D eigenvalue weighted by Gasteiger charge is -2.07. The van der Waals surface area contributed by atoms with E-state index in [-0.39, 0.29) is 19.1 Å². The van der Waals surface area contributed by atoms with Gasteiger partial charge in [0, 0.05) is 23.6 Å². The molecule has 2 rings (SSSR count). The third-order valence-corrected chi connectivity index (χ3v) is 2.54. The van der Waals surface area contributed by atoms with Crippen LogP contribution in [0.2, 0.25) is 0 Å². The van der Waals surface area contributed by atoms with Gasteiger partial charge in [0.1, 0.15) is 13.2 Å². The largest absolute Gasteiger partial charge is 0.384 e. The van der Waals surface area contributed by atoms with Crippen molar-refractivity contribution in [2.75, 3.05) is 11.9 Å². The average Bonchev–Trinajstić information content (AvgIpc) is 2.88. The van der Waals surface area contributed by atoms with Crippen LogP contribution in [0.3, 0.4) is 0 Å². The minimum absolute atomic E-state index is 0.152. The first-order valence-corrected chi connectivity index (χ1v) is 6.16. The lowest BCUT2D eigenvalue weighted by molar-refractivity contribution is -0.116. The number of aliphatic hydroxyl groups excluding tert-OH is 1. The fourth-order valence-corrected chi connectivity index (χ4v) is 1.81. The molecule has 0 atom stereocenters. The minimum Gasteiger partial charge on any atom is -0.384 e. The molecule has 0 saturated heterocycles. The van der Waals surface area contributed by atoms with Gasteiger partial charge in [-0.05, 0) is 36.8 Å². The summed E-state index contributed by atoms with van der Waals surface area (Å²) in [5, 5.41) is 15.5. The maximum absolute atomic E-state index is 11.9. The highest BCUT2D eigenvalue weighted by molar-refractivity contribution is 5.90. The number of carbonyl (C=O) groups is 1. The van der Waals surface area contributed by atoms with E-state index in [1.165, 1.54) is 0 Å². The summed E-state index contributed by atoms with van der Waals surface area (Å²) in [7, 11) is 0. The molecule has 1 aromatic carbocycles. The summed E-state index contributed by atoms with van der Waals surface area (Å²) in [6, 6.07) is 7.30. The van der Waals surface area contributed by atoms with Gasteiger partial charge in [0.05, 0.1) is 0 Å². The molecule has 2 N–H and O–H groups in total. The summed E-state index contributed by atoms with van der Waals surface area (Å²) in [5.74, 6) is 5.26. The van der Waals surface area contributed by atoms with Gasteiger partial charge in [0.2, 0.25) is 5.91 Å². The second-order valence-electron chi connectivity index (χ2n) is 4.30. The summed E-state index contributed by atoms with van der Waals surface area (Å²) < 4.78 is 1.55. The molecule has 5 nitrogen and oxygen atoms in total. The summed E-state index contributed by atoms with van der Waals surface area (Å²) in [6.45, 7) is 1.90. The van der Waals surface area contributed by atoms with Gasteiger partial charge in [-0.15, -0.1) is 0 Å². The SMILES string of the molecule is Cc1cc(C#CCO)cc(NC(=O)Cn2cccn2)c1. The van der Waals surface area contributed by atoms with Crippen molar-refractivity contribution in [3.05, 3.63) is 47.8 Å². The van der Waals surface area contributed by atoms with E-state index in [0.717, 1.165) is 11.1 Å². The molecule has 1 amide bonds. The van der Waals surface area contributed by atoms with Gasteiger partial charge in [0.25, 0.3) is 0 Å². The van der Waals surface area contributed by atoms with E-state index in [1.54, 1.807) is 29.2 Å². The molecule has 0 unspecified atom stereocenters. The minimum atomic E-state index is -0.186. The van der Waals surface area contributed by atoms with Crippen molar-refractivity contribution in [3.8, 4) is 11.8 Å². The van der Waals surface area contributed by atoms with Gasteiger partial charge in [-0.3, -0.25) is 9.48 Å². The Morgan fingerprint density at radius 2 is 2.30 bits per heavy atom. The van der Waals surface area contributed by atoms with Crippen LogP contribution in [-0.4, -0.2) is 27.4 Å². The normalized spacial score (nSPS) is 9.70. The second-order valence-corrected chi connectivity index (χ2v) is 4.30. The Hall–Kier alpha value is -2.58. The zero-order valence-electron chi connectivity index (χ0n) is 11.1. The Morgan fingerprint density at radius 1 is 1.45 bits per heavy atom. The van der Waals surface area contributed by atoms with Crippen LogP contribution in [0.4, 0.5) is 5.69 Å². The third-order valence-electron chi connectivity index (χ3n) is 2.54. The number of amides is 1. The number of aryl methyl sites for hydroxylation is 1. The Morgan fingerprint density at radius 3 is 3.00 bits per heavy atom. The van der Waals surface area contributed by atoms with E-state index in [1.807, 2.05) is 19.1 Å². The number of aromatic nitrogens is 2. The molecule has 0 spiro atoms. The topological polar surface area (TPSA) is 67.2 Å². The average molecular weight is 269 g/mol. The van der Waals surface area contributed by atoms with Crippen molar-refractivity contribution in [1.29, 1.82) is 0 Å². The first-order valence-electron chi connectivity index (χ1n) is 6.16. The summed E-state index contributed by atoms with van der Waals surface area (Å²) in [4.78, 5) is 11.9. The molecule has 102 valence electrons. The molecule has 1 aromatic heterocycles. The Kier molecular flexibility index (Phi) is 4.53. The molecule has 0 radical (unpaired) electrons. The van der Waals surface area contributed by atoms with Gasteiger partial charge in [-0.2, -0.15) is 5.10 Å². The van der Waals surface area contributed by atoms with Crippen molar-refractivity contribution < 1.29 is 9.90 Å². The van der Waals surface area contributed by atoms with Gasteiger partial charge < -0.3 is 10.4 Å². The Labute approximate surface area is 117 Å². The lowest BCUT2D eigenvalue weighted by Crippen LogP contribution is -2.19. The molecular formula is C15H15N3O2. The van der Waals surface area contributed by atoms with Crippen LogP contribution in [0.25, 0.3) is 0 Å². The smallest absolute Gasteiger partial charge is 0.246 e. The highest BCUT2D eigenvalue weighted by Crippen LogP contribution is 2.14. The van der Waals surface area contributed by atoms with Crippen LogP contribution in [0.1, 0.15) is 11.1 Å². The van der Waals surface area contributed by atoms with Crippen LogP contribution in [0.15, 0.2) is 36.7 Å². The first-order chi connectivity index (χ1) is 9.67. The number of nitrogens with one attached hydrogen (secondary N) is 1. The molecule has 0 saturated carbocycles. The zero-order valence-corrected chi connectivity index (χ0v) is 11.1. The number of benzene rings is 1. The molecular weight excluding hydrogens is 254 g/mol. The number of hydrogen-bond acceptors (Lipinski definition) is 3. The Bertz CT molecular complexity index is 651. The maximum atomic E-state index is 11.9. The fraction of sp³-hybridized carbons (Fsp3) is 0.200. The molecule has 5 heteroatoms. The van der Waals surface area contributed by atoms with Crippen LogP contribution >= 0.6 is 0 Å². The Balaban J connectivity index is 2.08. The van der Waals surface area contributed by atoms with Crippen molar-refractivity contribution in [1.82, 2.24) is 9.78 Å². The van der Waals surface area contributed by atoms with E-state index < -0.39 is 0 Å². The number of hydrogen-bond donors (Lipinski definition) is 2. The van der Waals surface area contributed by atoms with Crippen molar-refractivity contribution >= 4 is 11.6 Å². The number of anilines is 1. The van der Waals surface area contributed by atoms with Crippen LogP contribution in [-0.2, 0) is 11.3 Å². The predicted octanol–water partition coefficient (Wildman–Crippen LogP) is 1.17. The van der Waals surface area contributed by atoms with Crippen LogP contribution < -0.4 is 5.32 Å². The number of aliphatic hydroxyl groups is 1. The van der Waals surface area contributed by atoms with E-state index in [9.17, 15) is 4.79 Å². The van der Waals surface area contributed by atoms with Gasteiger partial charge >= 0.3 is 0 Å². The lowest BCUT2D eigenvalue weighted by atomic mass is 10.1. The molecule has 0 bridgehead atoms. The van der Waals surface area contributed by atoms with E-state index >= 15 is 0 Å². The van der Waals surface area contributed by atoms with Gasteiger partial charge in [-0.1, -0.05) is 11.8 Å².